The first-order chi connectivity index (χ1) is 12.5. The molecule has 0 aliphatic heterocycles. The predicted octanol–water partition coefficient (Wildman–Crippen LogP) is 2.59. The SMILES string of the molecule is C/C(=N\NC(=O)c1cc(S(=O)(=O)N(C)C)ccc1F)c1cc(Cl)ccc1O. The molecule has 2 aromatic carbocycles. The number of nitrogens with zero attached hydrogens (tertiary/aromatic N) is 2. The largest absolute Gasteiger partial charge is 0.507 e. The van der Waals surface area contributed by atoms with Crippen molar-refractivity contribution < 1.29 is 22.7 Å². The molecule has 0 aromatic heterocycles. The van der Waals surface area contributed by atoms with E-state index in [1.165, 1.54) is 39.2 Å². The molecular formula is C17H17ClFN3O4S. The van der Waals surface area contributed by atoms with Gasteiger partial charge in [0.05, 0.1) is 16.2 Å². The number of amides is 1. The Morgan fingerprint density at radius 2 is 1.85 bits per heavy atom. The van der Waals surface area contributed by atoms with Crippen LogP contribution in [-0.4, -0.2) is 43.5 Å². The highest BCUT2D eigenvalue weighted by atomic mass is 35.5. The zero-order valence-corrected chi connectivity index (χ0v) is 16.3. The average molecular weight is 414 g/mol. The molecule has 0 saturated carbocycles. The molecule has 1 amide bonds. The standard InChI is InChI=1S/C17H17ClFN3O4S/c1-10(13-8-11(18)4-7-16(13)23)20-21-17(24)14-9-12(5-6-15(14)19)27(25,26)22(2)3/h4-9,23H,1-3H3,(H,21,24)/b20-10+. The van der Waals surface area contributed by atoms with E-state index in [0.29, 0.717) is 5.02 Å². The molecule has 7 nitrogen and oxygen atoms in total. The molecule has 0 bridgehead atoms. The summed E-state index contributed by atoms with van der Waals surface area (Å²) in [5.41, 5.74) is 2.16. The quantitative estimate of drug-likeness (QED) is 0.581. The number of phenols is 1. The van der Waals surface area contributed by atoms with Gasteiger partial charge in [0.2, 0.25) is 10.0 Å². The highest BCUT2D eigenvalue weighted by molar-refractivity contribution is 7.89. The normalized spacial score (nSPS) is 12.3. The van der Waals surface area contributed by atoms with Crippen LogP contribution in [0.1, 0.15) is 22.8 Å². The lowest BCUT2D eigenvalue weighted by Crippen LogP contribution is -2.24. The third-order valence-corrected chi connectivity index (χ3v) is 5.68. The Hall–Kier alpha value is -2.49. The second-order valence-electron chi connectivity index (χ2n) is 5.73. The molecule has 27 heavy (non-hydrogen) atoms. The number of hydrazone groups is 1. The van der Waals surface area contributed by atoms with Crippen molar-refractivity contribution in [3.05, 3.63) is 58.4 Å². The number of rotatable bonds is 5. The van der Waals surface area contributed by atoms with Crippen molar-refractivity contribution in [2.24, 2.45) is 5.10 Å². The third-order valence-electron chi connectivity index (χ3n) is 3.63. The van der Waals surface area contributed by atoms with Gasteiger partial charge in [-0.2, -0.15) is 5.10 Å². The Kier molecular flexibility index (Phi) is 6.19. The molecule has 2 N–H and O–H groups in total. The summed E-state index contributed by atoms with van der Waals surface area (Å²) in [5.74, 6) is -1.94. The van der Waals surface area contributed by atoms with E-state index in [1.807, 2.05) is 0 Å². The lowest BCUT2D eigenvalue weighted by Gasteiger charge is -2.12. The van der Waals surface area contributed by atoms with Gasteiger partial charge >= 0.3 is 0 Å². The van der Waals surface area contributed by atoms with Gasteiger partial charge in [0.25, 0.3) is 5.91 Å². The van der Waals surface area contributed by atoms with Crippen molar-refractivity contribution in [1.29, 1.82) is 0 Å². The Morgan fingerprint density at radius 1 is 1.19 bits per heavy atom. The van der Waals surface area contributed by atoms with Crippen LogP contribution in [0.2, 0.25) is 5.02 Å². The first kappa shape index (κ1) is 20.8. The zero-order chi connectivity index (χ0) is 20.4. The number of aromatic hydroxyl groups is 1. The van der Waals surface area contributed by atoms with Crippen molar-refractivity contribution in [2.75, 3.05) is 14.1 Å². The van der Waals surface area contributed by atoms with E-state index in [0.717, 1.165) is 22.5 Å². The van der Waals surface area contributed by atoms with Crippen LogP contribution in [0.4, 0.5) is 4.39 Å². The summed E-state index contributed by atoms with van der Waals surface area (Å²) in [6, 6.07) is 7.20. The zero-order valence-electron chi connectivity index (χ0n) is 14.7. The van der Waals surface area contributed by atoms with Gasteiger partial charge in [0.1, 0.15) is 11.6 Å². The van der Waals surface area contributed by atoms with Crippen molar-refractivity contribution in [2.45, 2.75) is 11.8 Å². The molecule has 144 valence electrons. The van der Waals surface area contributed by atoms with Gasteiger partial charge in [-0.3, -0.25) is 4.79 Å². The van der Waals surface area contributed by atoms with E-state index < -0.39 is 27.3 Å². The molecular weight excluding hydrogens is 397 g/mol. The Morgan fingerprint density at radius 3 is 2.48 bits per heavy atom. The van der Waals surface area contributed by atoms with Crippen LogP contribution in [0.3, 0.4) is 0 Å². The minimum atomic E-state index is -3.83. The number of hydrogen-bond donors (Lipinski definition) is 2. The van der Waals surface area contributed by atoms with Crippen LogP contribution in [0.15, 0.2) is 46.4 Å². The Balaban J connectivity index is 2.32. The van der Waals surface area contributed by atoms with Crippen LogP contribution in [0, 0.1) is 5.82 Å². The van der Waals surface area contributed by atoms with Crippen LogP contribution in [0.5, 0.6) is 5.75 Å². The summed E-state index contributed by atoms with van der Waals surface area (Å²) in [6.45, 7) is 1.51. The Labute approximate surface area is 161 Å². The van der Waals surface area contributed by atoms with E-state index in [-0.39, 0.29) is 21.9 Å². The summed E-state index contributed by atoms with van der Waals surface area (Å²) >= 11 is 5.86. The number of nitrogens with one attached hydrogen (secondary N) is 1. The lowest BCUT2D eigenvalue weighted by atomic mass is 10.1. The number of halogens is 2. The highest BCUT2D eigenvalue weighted by Gasteiger charge is 2.21. The topological polar surface area (TPSA) is 99.1 Å². The predicted molar refractivity (Wildman–Crippen MR) is 100 cm³/mol. The number of benzene rings is 2. The van der Waals surface area contributed by atoms with Crippen LogP contribution in [0.25, 0.3) is 0 Å². The minimum absolute atomic E-state index is 0.0971. The summed E-state index contributed by atoms with van der Waals surface area (Å²) in [7, 11) is -1.19. The van der Waals surface area contributed by atoms with E-state index in [4.69, 9.17) is 11.6 Å². The van der Waals surface area contributed by atoms with Gasteiger partial charge in [-0.15, -0.1) is 0 Å². The van der Waals surface area contributed by atoms with Crippen LogP contribution >= 0.6 is 11.6 Å². The van der Waals surface area contributed by atoms with Gasteiger partial charge in [-0.25, -0.2) is 22.5 Å². The molecule has 2 aromatic rings. The van der Waals surface area contributed by atoms with Gasteiger partial charge < -0.3 is 5.11 Å². The maximum absolute atomic E-state index is 14.0. The minimum Gasteiger partial charge on any atom is -0.507 e. The van der Waals surface area contributed by atoms with Gasteiger partial charge in [0.15, 0.2) is 0 Å². The molecule has 0 spiro atoms. The lowest BCUT2D eigenvalue weighted by molar-refractivity contribution is 0.0950. The van der Waals surface area contributed by atoms with Crippen molar-refractivity contribution in [3.63, 3.8) is 0 Å². The molecule has 2 rings (SSSR count). The average Bonchev–Trinajstić information content (AvgIpc) is 2.61. The summed E-state index contributed by atoms with van der Waals surface area (Å²) < 4.78 is 39.2. The molecule has 0 atom stereocenters. The maximum atomic E-state index is 14.0. The van der Waals surface area contributed by atoms with Gasteiger partial charge in [0, 0.05) is 24.7 Å². The maximum Gasteiger partial charge on any atom is 0.274 e. The molecule has 0 radical (unpaired) electrons. The fourth-order valence-electron chi connectivity index (χ4n) is 2.10. The molecule has 0 aliphatic rings. The second kappa shape index (κ2) is 8.03. The van der Waals surface area contributed by atoms with Crippen molar-refractivity contribution in [3.8, 4) is 5.75 Å². The summed E-state index contributed by atoms with van der Waals surface area (Å²) in [4.78, 5) is 12.0. The van der Waals surface area contributed by atoms with E-state index >= 15 is 0 Å². The van der Waals surface area contributed by atoms with E-state index in [1.54, 1.807) is 0 Å². The fourth-order valence-corrected chi connectivity index (χ4v) is 3.20. The monoisotopic (exact) mass is 413 g/mol. The fraction of sp³-hybridized carbons (Fsp3) is 0.176. The third kappa shape index (κ3) is 4.62. The van der Waals surface area contributed by atoms with Gasteiger partial charge in [-0.1, -0.05) is 11.6 Å². The smallest absolute Gasteiger partial charge is 0.274 e. The van der Waals surface area contributed by atoms with E-state index in [9.17, 15) is 22.7 Å². The number of carbonyl (C=O) groups excluding carboxylic acids is 1. The van der Waals surface area contributed by atoms with Crippen LogP contribution in [-0.2, 0) is 10.0 Å². The van der Waals surface area contributed by atoms with E-state index in [2.05, 4.69) is 10.5 Å². The number of sulfonamides is 1. The highest BCUT2D eigenvalue weighted by Crippen LogP contribution is 2.22. The first-order valence-electron chi connectivity index (χ1n) is 7.59. The van der Waals surface area contributed by atoms with Crippen molar-refractivity contribution in [1.82, 2.24) is 9.73 Å². The molecule has 0 fully saturated rings. The Bertz CT molecular complexity index is 1020. The number of hydrogen-bond acceptors (Lipinski definition) is 5. The molecule has 0 saturated heterocycles. The first-order valence-corrected chi connectivity index (χ1v) is 9.41. The van der Waals surface area contributed by atoms with Crippen molar-refractivity contribution >= 4 is 33.2 Å². The summed E-state index contributed by atoms with van der Waals surface area (Å²) in [5, 5.41) is 14.0. The van der Waals surface area contributed by atoms with Crippen LogP contribution < -0.4 is 5.43 Å². The molecule has 0 unspecified atom stereocenters. The second-order valence-corrected chi connectivity index (χ2v) is 8.32. The molecule has 0 heterocycles. The van der Waals surface area contributed by atoms with Gasteiger partial charge in [-0.05, 0) is 43.3 Å². The summed E-state index contributed by atoms with van der Waals surface area (Å²) in [6.07, 6.45) is 0. The molecule has 0 aliphatic carbocycles. The molecule has 10 heteroatoms. The number of phenolic OH excluding ortho intramolecular Hbond substituents is 1. The number of carbonyl (C=O) groups is 1.